The van der Waals surface area contributed by atoms with Crippen molar-refractivity contribution < 1.29 is 19.4 Å². The third kappa shape index (κ3) is 7.14. The van der Waals surface area contributed by atoms with E-state index in [0.717, 1.165) is 44.1 Å². The topological polar surface area (TPSA) is 124 Å². The number of aliphatic hydroxyl groups excluding tert-OH is 1. The summed E-state index contributed by atoms with van der Waals surface area (Å²) in [6.45, 7) is 0.331. The number of nitrogens with zero attached hydrogens (tertiary/aromatic N) is 5. The molecule has 0 spiro atoms. The van der Waals surface area contributed by atoms with E-state index in [1.54, 1.807) is 18.1 Å². The first kappa shape index (κ1) is 31.6. The molecule has 3 unspecified atom stereocenters. The van der Waals surface area contributed by atoms with Crippen LogP contribution in [0.3, 0.4) is 0 Å². The van der Waals surface area contributed by atoms with E-state index >= 15 is 0 Å². The van der Waals surface area contributed by atoms with Crippen molar-refractivity contribution in [3.05, 3.63) is 138 Å². The number of fused-ring (bicyclic) bond motifs is 1. The number of aliphatic hydroxyl groups is 1. The first-order valence-corrected chi connectivity index (χ1v) is 16.7. The fraction of sp³-hybridized carbons (Fsp3) is 0.216. The first-order valence-electron chi connectivity index (χ1n) is 15.7. The SMILES string of the molecule is Cn1cnnc1SCC1CC(c2ccc(CO)cc2)OC(c2ccc(-c3ccccc3CNC(=O)c3cnc4ccccc4n3)cc2)O1. The molecule has 0 aliphatic carbocycles. The second-order valence-corrected chi connectivity index (χ2v) is 12.6. The van der Waals surface area contributed by atoms with E-state index in [1.165, 1.54) is 6.20 Å². The molecular weight excluding hydrogens is 625 g/mol. The maximum atomic E-state index is 13.0. The van der Waals surface area contributed by atoms with Crippen LogP contribution in [0.1, 0.15) is 51.6 Å². The van der Waals surface area contributed by atoms with Crippen molar-refractivity contribution in [2.45, 2.75) is 43.2 Å². The molecule has 0 bridgehead atoms. The van der Waals surface area contributed by atoms with Crippen LogP contribution in [-0.4, -0.2) is 47.6 Å². The predicted molar refractivity (Wildman–Crippen MR) is 183 cm³/mol. The summed E-state index contributed by atoms with van der Waals surface area (Å²) in [6, 6.07) is 31.5. The molecule has 1 aliphatic heterocycles. The van der Waals surface area contributed by atoms with Gasteiger partial charge in [-0.3, -0.25) is 9.78 Å². The number of thioether (sulfide) groups is 1. The molecule has 48 heavy (non-hydrogen) atoms. The molecule has 1 amide bonds. The zero-order valence-corrected chi connectivity index (χ0v) is 27.1. The van der Waals surface area contributed by atoms with E-state index in [4.69, 9.17) is 9.47 Å². The minimum atomic E-state index is -0.571. The van der Waals surface area contributed by atoms with Gasteiger partial charge in [-0.2, -0.15) is 0 Å². The maximum Gasteiger partial charge on any atom is 0.271 e. The summed E-state index contributed by atoms with van der Waals surface area (Å²) in [4.78, 5) is 21.8. The normalized spacial score (nSPS) is 17.8. The van der Waals surface area contributed by atoms with Crippen LogP contribution in [0, 0.1) is 0 Å². The van der Waals surface area contributed by atoms with Crippen LogP contribution in [0.5, 0.6) is 0 Å². The lowest BCUT2D eigenvalue weighted by Crippen LogP contribution is -2.31. The van der Waals surface area contributed by atoms with Gasteiger partial charge in [0.25, 0.3) is 5.91 Å². The number of benzene rings is 4. The van der Waals surface area contributed by atoms with Crippen molar-refractivity contribution in [2.24, 2.45) is 7.05 Å². The van der Waals surface area contributed by atoms with Gasteiger partial charge in [0.2, 0.25) is 0 Å². The van der Waals surface area contributed by atoms with Crippen LogP contribution in [0.2, 0.25) is 0 Å². The number of hydrogen-bond acceptors (Lipinski definition) is 9. The minimum absolute atomic E-state index is 0.00447. The molecule has 1 saturated heterocycles. The number of ether oxygens (including phenoxy) is 2. The van der Waals surface area contributed by atoms with Gasteiger partial charge in [-0.15, -0.1) is 10.2 Å². The number of para-hydroxylation sites is 2. The Kier molecular flexibility index (Phi) is 9.53. The maximum absolute atomic E-state index is 13.0. The molecule has 4 aromatic carbocycles. The average Bonchev–Trinajstić information content (AvgIpc) is 3.57. The molecule has 242 valence electrons. The van der Waals surface area contributed by atoms with Gasteiger partial charge in [-0.25, -0.2) is 4.98 Å². The van der Waals surface area contributed by atoms with Crippen molar-refractivity contribution in [1.82, 2.24) is 30.0 Å². The quantitative estimate of drug-likeness (QED) is 0.166. The molecule has 3 atom stereocenters. The van der Waals surface area contributed by atoms with Crippen molar-refractivity contribution in [1.29, 1.82) is 0 Å². The molecule has 0 radical (unpaired) electrons. The van der Waals surface area contributed by atoms with Gasteiger partial charge in [-0.05, 0) is 39.9 Å². The molecule has 2 N–H and O–H groups in total. The second-order valence-electron chi connectivity index (χ2n) is 11.6. The minimum Gasteiger partial charge on any atom is -0.392 e. The van der Waals surface area contributed by atoms with Crippen LogP contribution in [0.15, 0.2) is 115 Å². The van der Waals surface area contributed by atoms with Crippen LogP contribution < -0.4 is 5.32 Å². The Morgan fingerprint density at radius 3 is 2.46 bits per heavy atom. The Morgan fingerprint density at radius 1 is 0.938 bits per heavy atom. The summed E-state index contributed by atoms with van der Waals surface area (Å²) in [5, 5.41) is 21.5. The number of carbonyl (C=O) groups is 1. The molecule has 11 heteroatoms. The number of aryl methyl sites for hydroxylation is 1. The third-order valence-electron chi connectivity index (χ3n) is 8.31. The van der Waals surface area contributed by atoms with Crippen LogP contribution in [0.25, 0.3) is 22.2 Å². The van der Waals surface area contributed by atoms with Crippen LogP contribution in [0.4, 0.5) is 0 Å². The van der Waals surface area contributed by atoms with Crippen molar-refractivity contribution >= 4 is 28.7 Å². The summed E-state index contributed by atoms with van der Waals surface area (Å²) in [5.41, 5.74) is 7.50. The lowest BCUT2D eigenvalue weighted by atomic mass is 9.97. The van der Waals surface area contributed by atoms with Gasteiger partial charge in [0, 0.05) is 31.3 Å². The van der Waals surface area contributed by atoms with Crippen LogP contribution >= 0.6 is 11.8 Å². The molecule has 1 aliphatic rings. The highest BCUT2D eigenvalue weighted by molar-refractivity contribution is 7.99. The van der Waals surface area contributed by atoms with Crippen LogP contribution in [-0.2, 0) is 29.7 Å². The molecular formula is C37H34N6O4S. The Bertz CT molecular complexity index is 2020. The smallest absolute Gasteiger partial charge is 0.271 e. The molecule has 7 rings (SSSR count). The van der Waals surface area contributed by atoms with E-state index in [-0.39, 0.29) is 30.4 Å². The highest BCUT2D eigenvalue weighted by atomic mass is 32.2. The second kappa shape index (κ2) is 14.4. The van der Waals surface area contributed by atoms with E-state index in [9.17, 15) is 9.90 Å². The zero-order chi connectivity index (χ0) is 32.9. The summed E-state index contributed by atoms with van der Waals surface area (Å²) in [7, 11) is 1.93. The average molecular weight is 659 g/mol. The largest absolute Gasteiger partial charge is 0.392 e. The van der Waals surface area contributed by atoms with E-state index in [1.807, 2.05) is 96.5 Å². The summed E-state index contributed by atoms with van der Waals surface area (Å²) < 4.78 is 14.9. The number of hydrogen-bond donors (Lipinski definition) is 2. The lowest BCUT2D eigenvalue weighted by Gasteiger charge is -2.36. The number of carbonyl (C=O) groups excluding carboxylic acids is 1. The number of nitrogens with one attached hydrogen (secondary N) is 1. The first-order chi connectivity index (χ1) is 23.5. The number of amides is 1. The Morgan fingerprint density at radius 2 is 1.69 bits per heavy atom. The third-order valence-corrected chi connectivity index (χ3v) is 9.48. The van der Waals surface area contributed by atoms with Crippen molar-refractivity contribution in [3.8, 4) is 11.1 Å². The van der Waals surface area contributed by atoms with Crippen molar-refractivity contribution in [2.75, 3.05) is 5.75 Å². The summed E-state index contributed by atoms with van der Waals surface area (Å²) >= 11 is 1.61. The predicted octanol–water partition coefficient (Wildman–Crippen LogP) is 6.19. The molecule has 3 heterocycles. The van der Waals surface area contributed by atoms with Gasteiger partial charge in [-0.1, -0.05) is 96.7 Å². The van der Waals surface area contributed by atoms with E-state index < -0.39 is 6.29 Å². The standard InChI is InChI=1S/C37H34N6O4S/c1-43-23-40-42-37(43)48-22-29-18-34(26-12-10-24(21-44)11-13-26)47-36(46-29)27-16-14-25(15-17-27)30-7-3-2-6-28(30)19-39-35(45)33-20-38-31-8-4-5-9-32(31)41-33/h2-17,20,23,29,34,36,44H,18-19,21-22H2,1H3,(H,39,45). The molecule has 2 aromatic heterocycles. The lowest BCUT2D eigenvalue weighted by molar-refractivity contribution is -0.245. The highest BCUT2D eigenvalue weighted by Crippen LogP contribution is 2.40. The van der Waals surface area contributed by atoms with Gasteiger partial charge in [0.15, 0.2) is 11.4 Å². The fourth-order valence-corrected chi connectivity index (χ4v) is 6.61. The number of aromatic nitrogens is 5. The van der Waals surface area contributed by atoms with Crippen molar-refractivity contribution in [3.63, 3.8) is 0 Å². The highest BCUT2D eigenvalue weighted by Gasteiger charge is 2.32. The molecule has 1 fully saturated rings. The van der Waals surface area contributed by atoms with Gasteiger partial charge in [0.05, 0.1) is 36.0 Å². The monoisotopic (exact) mass is 658 g/mol. The molecule has 6 aromatic rings. The Hall–Kier alpha value is -4.94. The molecule has 0 saturated carbocycles. The van der Waals surface area contributed by atoms with Gasteiger partial charge >= 0.3 is 0 Å². The van der Waals surface area contributed by atoms with E-state index in [0.29, 0.717) is 24.2 Å². The zero-order valence-electron chi connectivity index (χ0n) is 26.3. The summed E-state index contributed by atoms with van der Waals surface area (Å²) in [6.07, 6.45) is 3.03. The summed E-state index contributed by atoms with van der Waals surface area (Å²) in [5.74, 6) is 0.414. The number of rotatable bonds is 10. The fourth-order valence-electron chi connectivity index (χ4n) is 5.70. The Labute approximate surface area is 282 Å². The Balaban J connectivity index is 1.07. The van der Waals surface area contributed by atoms with Gasteiger partial charge < -0.3 is 24.5 Å². The van der Waals surface area contributed by atoms with Gasteiger partial charge in [0.1, 0.15) is 12.0 Å². The molecule has 10 nitrogen and oxygen atoms in total. The van der Waals surface area contributed by atoms with E-state index in [2.05, 4.69) is 37.6 Å².